The monoisotopic (exact) mass is 561 g/mol. The van der Waals surface area contributed by atoms with Crippen LogP contribution in [0.4, 0.5) is 18.9 Å². The Bertz CT molecular complexity index is 1720. The number of nitrogens with zero attached hydrogens (tertiary/aromatic N) is 3. The number of carbonyl (C=O) groups excluding carboxylic acids is 1. The standard InChI is InChI=1S/C25H22F3N5O5S/c1-29-22(34)9-10-33-14-31-19-8-7-15(11-17(19)24(33)35)16-12-20(23(38-2)30-13-16)32-39(36,37)21-6-4-3-5-18(21)25(26,27)28/h3-8,11-14,32H,9-10H2,1-2H3,(H,29,34). The van der Waals surface area contributed by atoms with Crippen LogP contribution in [0.25, 0.3) is 22.0 Å². The van der Waals surface area contributed by atoms with Gasteiger partial charge in [0.2, 0.25) is 11.8 Å². The highest BCUT2D eigenvalue weighted by molar-refractivity contribution is 7.92. The number of aryl methyl sites for hydroxylation is 1. The molecule has 0 fully saturated rings. The van der Waals surface area contributed by atoms with Gasteiger partial charge in [-0.3, -0.25) is 18.9 Å². The Morgan fingerprint density at radius 2 is 1.82 bits per heavy atom. The molecule has 2 N–H and O–H groups in total. The zero-order valence-electron chi connectivity index (χ0n) is 20.6. The molecule has 0 aliphatic carbocycles. The van der Waals surface area contributed by atoms with Crippen LogP contribution >= 0.6 is 0 Å². The van der Waals surface area contributed by atoms with E-state index in [2.05, 4.69) is 20.0 Å². The first-order valence-electron chi connectivity index (χ1n) is 11.4. The lowest BCUT2D eigenvalue weighted by Crippen LogP contribution is -2.25. The quantitative estimate of drug-likeness (QED) is 0.337. The van der Waals surface area contributed by atoms with E-state index in [1.165, 1.54) is 49.4 Å². The molecule has 1 amide bonds. The van der Waals surface area contributed by atoms with Crippen LogP contribution in [-0.2, 0) is 27.5 Å². The maximum Gasteiger partial charge on any atom is 0.417 e. The summed E-state index contributed by atoms with van der Waals surface area (Å²) in [7, 11) is -1.99. The number of halogens is 3. The van der Waals surface area contributed by atoms with Gasteiger partial charge in [-0.15, -0.1) is 0 Å². The number of fused-ring (bicyclic) bond motifs is 1. The van der Waals surface area contributed by atoms with E-state index < -0.39 is 32.2 Å². The molecule has 4 aromatic rings. The molecule has 4 rings (SSSR count). The molecule has 0 atom stereocenters. The predicted octanol–water partition coefficient (Wildman–Crippen LogP) is 3.42. The highest BCUT2D eigenvalue weighted by Gasteiger charge is 2.37. The van der Waals surface area contributed by atoms with Crippen LogP contribution < -0.4 is 20.3 Å². The van der Waals surface area contributed by atoms with Gasteiger partial charge in [-0.25, -0.2) is 18.4 Å². The lowest BCUT2D eigenvalue weighted by atomic mass is 10.1. The Labute approximate surface area is 220 Å². The maximum atomic E-state index is 13.5. The van der Waals surface area contributed by atoms with Crippen molar-refractivity contribution in [3.8, 4) is 17.0 Å². The fourth-order valence-corrected chi connectivity index (χ4v) is 5.10. The first-order chi connectivity index (χ1) is 18.4. The number of pyridine rings is 1. The average molecular weight is 562 g/mol. The molecule has 0 unspecified atom stereocenters. The number of methoxy groups -OCH3 is 1. The molecular formula is C25H22F3N5O5S. The number of hydrogen-bond acceptors (Lipinski definition) is 7. The van der Waals surface area contributed by atoms with Crippen LogP contribution in [0.15, 0.2) is 70.7 Å². The number of carbonyl (C=O) groups is 1. The molecule has 0 saturated carbocycles. The largest absolute Gasteiger partial charge is 0.480 e. The molecule has 204 valence electrons. The van der Waals surface area contributed by atoms with E-state index in [1.54, 1.807) is 12.1 Å². The second kappa shape index (κ2) is 10.7. The Kier molecular flexibility index (Phi) is 7.58. The fraction of sp³-hybridized carbons (Fsp3) is 0.200. The SMILES string of the molecule is CNC(=O)CCn1cnc2ccc(-c3cnc(OC)c(NS(=O)(=O)c4ccccc4C(F)(F)F)c3)cc2c1=O. The van der Waals surface area contributed by atoms with Gasteiger partial charge >= 0.3 is 6.18 Å². The Balaban J connectivity index is 1.74. The molecule has 2 aromatic heterocycles. The van der Waals surface area contributed by atoms with Gasteiger partial charge in [0.05, 0.1) is 34.8 Å². The van der Waals surface area contributed by atoms with Crippen molar-refractivity contribution in [3.05, 3.63) is 77.0 Å². The molecule has 0 saturated heterocycles. The van der Waals surface area contributed by atoms with Gasteiger partial charge in [0.15, 0.2) is 0 Å². The molecule has 14 heteroatoms. The molecule has 2 heterocycles. The van der Waals surface area contributed by atoms with E-state index in [0.29, 0.717) is 22.7 Å². The zero-order valence-corrected chi connectivity index (χ0v) is 21.4. The van der Waals surface area contributed by atoms with Gasteiger partial charge in [0.1, 0.15) is 5.69 Å². The van der Waals surface area contributed by atoms with Crippen molar-refractivity contribution in [2.24, 2.45) is 0 Å². The minimum Gasteiger partial charge on any atom is -0.480 e. The lowest BCUT2D eigenvalue weighted by Gasteiger charge is -2.16. The lowest BCUT2D eigenvalue weighted by molar-refractivity contribution is -0.139. The highest BCUT2D eigenvalue weighted by Crippen LogP contribution is 2.36. The molecular weight excluding hydrogens is 539 g/mol. The number of anilines is 1. The molecule has 39 heavy (non-hydrogen) atoms. The zero-order chi connectivity index (χ0) is 28.4. The van der Waals surface area contributed by atoms with E-state index in [4.69, 9.17) is 4.74 Å². The fourth-order valence-electron chi connectivity index (χ4n) is 3.83. The van der Waals surface area contributed by atoms with Crippen molar-refractivity contribution in [3.63, 3.8) is 0 Å². The van der Waals surface area contributed by atoms with E-state index in [1.807, 2.05) is 0 Å². The van der Waals surface area contributed by atoms with Crippen molar-refractivity contribution in [1.29, 1.82) is 0 Å². The summed E-state index contributed by atoms with van der Waals surface area (Å²) in [6, 6.07) is 9.87. The number of hydrogen-bond donors (Lipinski definition) is 2. The van der Waals surface area contributed by atoms with E-state index in [9.17, 15) is 31.2 Å². The van der Waals surface area contributed by atoms with Crippen molar-refractivity contribution < 1.29 is 31.1 Å². The van der Waals surface area contributed by atoms with E-state index in [0.717, 1.165) is 12.1 Å². The van der Waals surface area contributed by atoms with Gasteiger partial charge in [0.25, 0.3) is 15.6 Å². The van der Waals surface area contributed by atoms with Gasteiger partial charge in [0, 0.05) is 31.8 Å². The van der Waals surface area contributed by atoms with Crippen LogP contribution in [0, 0.1) is 0 Å². The molecule has 0 aliphatic heterocycles. The number of rotatable bonds is 8. The predicted molar refractivity (Wildman–Crippen MR) is 137 cm³/mol. The van der Waals surface area contributed by atoms with Crippen molar-refractivity contribution in [1.82, 2.24) is 19.9 Å². The number of amides is 1. The van der Waals surface area contributed by atoms with Crippen molar-refractivity contribution >= 4 is 32.5 Å². The van der Waals surface area contributed by atoms with E-state index in [-0.39, 0.29) is 35.8 Å². The van der Waals surface area contributed by atoms with Crippen LogP contribution in [0.3, 0.4) is 0 Å². The molecule has 0 radical (unpaired) electrons. The van der Waals surface area contributed by atoms with Crippen molar-refractivity contribution in [2.75, 3.05) is 18.9 Å². The van der Waals surface area contributed by atoms with Gasteiger partial charge < -0.3 is 10.1 Å². The maximum absolute atomic E-state index is 13.5. The van der Waals surface area contributed by atoms with E-state index >= 15 is 0 Å². The Hall–Kier alpha value is -4.46. The third kappa shape index (κ3) is 5.85. The minimum atomic E-state index is -4.90. The number of ether oxygens (including phenoxy) is 1. The summed E-state index contributed by atoms with van der Waals surface area (Å²) in [4.78, 5) is 32.0. The summed E-state index contributed by atoms with van der Waals surface area (Å²) >= 11 is 0. The third-order valence-corrected chi connectivity index (χ3v) is 7.21. The molecule has 0 spiro atoms. The van der Waals surface area contributed by atoms with Gasteiger partial charge in [-0.1, -0.05) is 18.2 Å². The summed E-state index contributed by atoms with van der Waals surface area (Å²) in [6.45, 7) is 0.112. The molecule has 2 aromatic carbocycles. The molecule has 10 nitrogen and oxygen atoms in total. The molecule has 0 aliphatic rings. The summed E-state index contributed by atoms with van der Waals surface area (Å²) in [5.74, 6) is -0.418. The summed E-state index contributed by atoms with van der Waals surface area (Å²) in [6.07, 6.45) is -2.12. The third-order valence-electron chi connectivity index (χ3n) is 5.79. The number of benzene rings is 2. The summed E-state index contributed by atoms with van der Waals surface area (Å²) in [5, 5.41) is 2.72. The number of alkyl halides is 3. The van der Waals surface area contributed by atoms with Crippen molar-refractivity contribution in [2.45, 2.75) is 24.0 Å². The van der Waals surface area contributed by atoms with Crippen LogP contribution in [0.1, 0.15) is 12.0 Å². The summed E-state index contributed by atoms with van der Waals surface area (Å²) in [5.41, 5.74) is -0.726. The smallest absolute Gasteiger partial charge is 0.417 e. The first-order valence-corrected chi connectivity index (χ1v) is 12.9. The topological polar surface area (TPSA) is 132 Å². The average Bonchev–Trinajstić information content (AvgIpc) is 2.91. The van der Waals surface area contributed by atoms with Gasteiger partial charge in [-0.05, 0) is 35.9 Å². The highest BCUT2D eigenvalue weighted by atomic mass is 32.2. The normalized spacial score (nSPS) is 11.8. The minimum absolute atomic E-state index is 0.0760. The van der Waals surface area contributed by atoms with Crippen LogP contribution in [-0.4, -0.2) is 43.0 Å². The second-order valence-electron chi connectivity index (χ2n) is 8.28. The molecule has 0 bridgehead atoms. The number of nitrogens with one attached hydrogen (secondary N) is 2. The van der Waals surface area contributed by atoms with Crippen LogP contribution in [0.5, 0.6) is 5.88 Å². The second-order valence-corrected chi connectivity index (χ2v) is 9.93. The van der Waals surface area contributed by atoms with Gasteiger partial charge in [-0.2, -0.15) is 13.2 Å². The Morgan fingerprint density at radius 3 is 2.51 bits per heavy atom. The first kappa shape index (κ1) is 27.6. The number of aromatic nitrogens is 3. The summed E-state index contributed by atoms with van der Waals surface area (Å²) < 4.78 is 74.9. The Morgan fingerprint density at radius 1 is 1.08 bits per heavy atom. The number of sulfonamides is 1. The van der Waals surface area contributed by atoms with Crippen LogP contribution in [0.2, 0.25) is 0 Å².